The Labute approximate surface area is 187 Å². The number of amides is 1. The number of hydrogen-bond donors (Lipinski definition) is 3. The fraction of sp³-hybridized carbons (Fsp3) is 0.364. The van der Waals surface area contributed by atoms with Crippen molar-refractivity contribution in [2.24, 2.45) is 5.92 Å². The summed E-state index contributed by atoms with van der Waals surface area (Å²) in [6.45, 7) is 4.40. The van der Waals surface area contributed by atoms with Crippen molar-refractivity contribution in [2.45, 2.75) is 32.0 Å². The molecule has 0 bridgehead atoms. The third-order valence-electron chi connectivity index (χ3n) is 5.73. The van der Waals surface area contributed by atoms with E-state index in [1.165, 1.54) is 18.3 Å². The first-order valence-electron chi connectivity index (χ1n) is 10.3. The van der Waals surface area contributed by atoms with E-state index >= 15 is 0 Å². The molecule has 1 fully saturated rings. The van der Waals surface area contributed by atoms with Crippen LogP contribution in [0.5, 0.6) is 0 Å². The number of nitrogens with zero attached hydrogens (tertiary/aromatic N) is 4. The molecule has 8 nitrogen and oxygen atoms in total. The summed E-state index contributed by atoms with van der Waals surface area (Å²) in [4.78, 5) is 22.8. The maximum absolute atomic E-state index is 13.6. The van der Waals surface area contributed by atoms with Crippen LogP contribution in [0.25, 0.3) is 11.3 Å². The van der Waals surface area contributed by atoms with Gasteiger partial charge in [0.1, 0.15) is 11.5 Å². The zero-order chi connectivity index (χ0) is 23.8. The molecule has 0 saturated carbocycles. The maximum Gasteiger partial charge on any atom is 0.419 e. The van der Waals surface area contributed by atoms with Crippen LogP contribution >= 0.6 is 0 Å². The van der Waals surface area contributed by atoms with Gasteiger partial charge in [0.05, 0.1) is 28.7 Å². The first kappa shape index (κ1) is 22.7. The smallest absolute Gasteiger partial charge is 0.390 e. The van der Waals surface area contributed by atoms with Crippen LogP contribution in [0.4, 0.5) is 24.7 Å². The van der Waals surface area contributed by atoms with Gasteiger partial charge in [0, 0.05) is 43.0 Å². The number of pyridine rings is 2. The van der Waals surface area contributed by atoms with E-state index < -0.39 is 28.9 Å². The van der Waals surface area contributed by atoms with Crippen LogP contribution in [0.1, 0.15) is 36.3 Å². The zero-order valence-corrected chi connectivity index (χ0v) is 18.0. The number of aromatic amines is 1. The minimum absolute atomic E-state index is 0.0385. The summed E-state index contributed by atoms with van der Waals surface area (Å²) in [5.41, 5.74) is -1.31. The van der Waals surface area contributed by atoms with Gasteiger partial charge < -0.3 is 15.3 Å². The lowest BCUT2D eigenvalue weighted by molar-refractivity contribution is -0.137. The van der Waals surface area contributed by atoms with Gasteiger partial charge in [-0.3, -0.25) is 9.89 Å². The number of hydrogen-bond acceptors (Lipinski definition) is 6. The Morgan fingerprint density at radius 1 is 1.27 bits per heavy atom. The summed E-state index contributed by atoms with van der Waals surface area (Å²) in [6, 6.07) is 5.89. The molecule has 3 aromatic rings. The van der Waals surface area contributed by atoms with Crippen molar-refractivity contribution in [3.05, 3.63) is 54.1 Å². The summed E-state index contributed by atoms with van der Waals surface area (Å²) >= 11 is 0. The lowest BCUT2D eigenvalue weighted by Crippen LogP contribution is -2.33. The molecule has 0 aliphatic carbocycles. The van der Waals surface area contributed by atoms with Crippen molar-refractivity contribution < 1.29 is 23.1 Å². The maximum atomic E-state index is 13.6. The molecular weight excluding hydrogens is 437 g/mol. The molecule has 1 aliphatic rings. The molecule has 1 aliphatic heterocycles. The number of carbonyl (C=O) groups is 1. The Morgan fingerprint density at radius 2 is 2.06 bits per heavy atom. The Morgan fingerprint density at radius 3 is 2.70 bits per heavy atom. The van der Waals surface area contributed by atoms with Gasteiger partial charge in [-0.05, 0) is 32.4 Å². The molecular formula is C22H23F3N6O2. The van der Waals surface area contributed by atoms with Gasteiger partial charge in [0.2, 0.25) is 0 Å². The number of rotatable bonds is 5. The number of H-pyrrole nitrogens is 1. The molecule has 4 heterocycles. The number of anilines is 2. The highest BCUT2D eigenvalue weighted by Crippen LogP contribution is 2.37. The molecule has 1 saturated heterocycles. The molecule has 4 rings (SSSR count). The van der Waals surface area contributed by atoms with Crippen molar-refractivity contribution in [1.82, 2.24) is 20.2 Å². The molecule has 1 atom stereocenters. The largest absolute Gasteiger partial charge is 0.419 e. The number of aromatic nitrogens is 4. The van der Waals surface area contributed by atoms with Crippen LogP contribution in [0.15, 0.2) is 42.9 Å². The normalized spacial score (nSPS) is 16.8. The predicted molar refractivity (Wildman–Crippen MR) is 116 cm³/mol. The van der Waals surface area contributed by atoms with Gasteiger partial charge in [-0.15, -0.1) is 0 Å². The van der Waals surface area contributed by atoms with E-state index in [-0.39, 0.29) is 11.6 Å². The fourth-order valence-electron chi connectivity index (χ4n) is 3.79. The second-order valence-corrected chi connectivity index (χ2v) is 8.52. The van der Waals surface area contributed by atoms with E-state index in [0.717, 1.165) is 6.20 Å². The van der Waals surface area contributed by atoms with Gasteiger partial charge in [-0.1, -0.05) is 6.07 Å². The second kappa shape index (κ2) is 8.47. The van der Waals surface area contributed by atoms with Crippen LogP contribution in [-0.4, -0.2) is 49.9 Å². The van der Waals surface area contributed by atoms with Gasteiger partial charge in [-0.2, -0.15) is 18.3 Å². The first-order valence-corrected chi connectivity index (χ1v) is 10.3. The van der Waals surface area contributed by atoms with Gasteiger partial charge in [0.25, 0.3) is 5.91 Å². The Bertz CT molecular complexity index is 1140. The summed E-state index contributed by atoms with van der Waals surface area (Å²) in [5.74, 6) is -0.529. The Kier molecular flexibility index (Phi) is 5.83. The van der Waals surface area contributed by atoms with Crippen LogP contribution in [-0.2, 0) is 6.18 Å². The molecule has 174 valence electrons. The van der Waals surface area contributed by atoms with Gasteiger partial charge in [-0.25, -0.2) is 9.97 Å². The molecule has 0 radical (unpaired) electrons. The average Bonchev–Trinajstić information content (AvgIpc) is 3.45. The van der Waals surface area contributed by atoms with Crippen molar-refractivity contribution in [3.8, 4) is 11.3 Å². The molecule has 0 aromatic carbocycles. The van der Waals surface area contributed by atoms with Crippen LogP contribution in [0.3, 0.4) is 0 Å². The Balaban J connectivity index is 1.61. The van der Waals surface area contributed by atoms with Crippen LogP contribution < -0.4 is 10.2 Å². The fourth-order valence-corrected chi connectivity index (χ4v) is 3.79. The Hall–Kier alpha value is -3.47. The number of carbonyl (C=O) groups excluding carboxylic acids is 1. The quantitative estimate of drug-likeness (QED) is 0.536. The van der Waals surface area contributed by atoms with Crippen molar-refractivity contribution >= 4 is 17.4 Å². The SMILES string of the molecule is CC(C)(O)C1CCN(c2cc(NC(=O)c3cccc(-c4cn[nH]c4)n3)c(C(F)(F)F)cn2)C1. The van der Waals surface area contributed by atoms with Crippen LogP contribution in [0, 0.1) is 5.92 Å². The topological polar surface area (TPSA) is 107 Å². The van der Waals surface area contributed by atoms with Crippen molar-refractivity contribution in [3.63, 3.8) is 0 Å². The average molecular weight is 460 g/mol. The highest BCUT2D eigenvalue weighted by Gasteiger charge is 2.37. The molecule has 1 unspecified atom stereocenters. The summed E-state index contributed by atoms with van der Waals surface area (Å²) < 4.78 is 40.8. The van der Waals surface area contributed by atoms with E-state index in [0.29, 0.717) is 36.6 Å². The second-order valence-electron chi connectivity index (χ2n) is 8.52. The highest BCUT2D eigenvalue weighted by molar-refractivity contribution is 6.03. The van der Waals surface area contributed by atoms with E-state index in [2.05, 4.69) is 25.5 Å². The summed E-state index contributed by atoms with van der Waals surface area (Å²) in [5, 5.41) is 19.1. The molecule has 3 aromatic heterocycles. The van der Waals surface area contributed by atoms with Crippen LogP contribution in [0.2, 0.25) is 0 Å². The zero-order valence-electron chi connectivity index (χ0n) is 18.0. The number of nitrogens with one attached hydrogen (secondary N) is 2. The lowest BCUT2D eigenvalue weighted by atomic mass is 9.90. The number of alkyl halides is 3. The first-order chi connectivity index (χ1) is 15.5. The molecule has 33 heavy (non-hydrogen) atoms. The minimum Gasteiger partial charge on any atom is -0.390 e. The standard InChI is InChI=1S/C22H23F3N6O2/c1-21(2,33)14-6-7-31(12-14)19-8-18(15(11-26-19)22(23,24)25)30-20(32)17-5-3-4-16(29-17)13-9-27-28-10-13/h3-5,8-11,14,33H,6-7,12H2,1-2H3,(H,27,28)(H,26,30,32). The molecule has 0 spiro atoms. The minimum atomic E-state index is -4.71. The van der Waals surface area contributed by atoms with Gasteiger partial charge >= 0.3 is 6.18 Å². The molecule has 11 heteroatoms. The van der Waals surface area contributed by atoms with Gasteiger partial charge in [0.15, 0.2) is 0 Å². The predicted octanol–water partition coefficient (Wildman–Crippen LogP) is 3.74. The van der Waals surface area contributed by atoms with E-state index in [4.69, 9.17) is 0 Å². The third kappa shape index (κ3) is 4.98. The molecule has 1 amide bonds. The van der Waals surface area contributed by atoms with E-state index in [1.807, 2.05) is 0 Å². The third-order valence-corrected chi connectivity index (χ3v) is 5.73. The summed E-state index contributed by atoms with van der Waals surface area (Å²) in [6.07, 6.45) is -0.188. The summed E-state index contributed by atoms with van der Waals surface area (Å²) in [7, 11) is 0. The van der Waals surface area contributed by atoms with E-state index in [1.54, 1.807) is 37.1 Å². The lowest BCUT2D eigenvalue weighted by Gasteiger charge is -2.26. The van der Waals surface area contributed by atoms with Crippen molar-refractivity contribution in [1.29, 1.82) is 0 Å². The molecule has 3 N–H and O–H groups in total. The number of halogens is 3. The highest BCUT2D eigenvalue weighted by atomic mass is 19.4. The van der Waals surface area contributed by atoms with E-state index in [9.17, 15) is 23.1 Å². The monoisotopic (exact) mass is 460 g/mol. The number of aliphatic hydroxyl groups is 1. The van der Waals surface area contributed by atoms with Crippen molar-refractivity contribution in [2.75, 3.05) is 23.3 Å².